The Morgan fingerprint density at radius 2 is 1.95 bits per heavy atom. The summed E-state index contributed by atoms with van der Waals surface area (Å²) in [5, 5.41) is 22.1. The molecule has 0 aliphatic heterocycles. The SMILES string of the molecule is C[N+](C)(C)CC(=O)N/N=C/c1ccc(O)c(O)c1.[Cl-]. The molecule has 0 aromatic heterocycles. The molecule has 1 aromatic rings. The first-order chi connectivity index (χ1) is 8.28. The minimum atomic E-state index is -0.225. The van der Waals surface area contributed by atoms with Gasteiger partial charge in [0.2, 0.25) is 0 Å². The third-order valence-corrected chi connectivity index (χ3v) is 2.02. The maximum atomic E-state index is 11.4. The van der Waals surface area contributed by atoms with Crippen molar-refractivity contribution in [1.29, 1.82) is 0 Å². The van der Waals surface area contributed by atoms with Crippen molar-refractivity contribution in [2.24, 2.45) is 5.10 Å². The van der Waals surface area contributed by atoms with Crippen molar-refractivity contribution in [3.63, 3.8) is 0 Å². The molecule has 0 saturated carbocycles. The van der Waals surface area contributed by atoms with Crippen molar-refractivity contribution in [3.8, 4) is 11.5 Å². The zero-order valence-electron chi connectivity index (χ0n) is 11.1. The van der Waals surface area contributed by atoms with E-state index in [2.05, 4.69) is 10.5 Å². The molecule has 0 saturated heterocycles. The fourth-order valence-electron chi connectivity index (χ4n) is 1.27. The first kappa shape index (κ1) is 17.2. The Hall–Kier alpha value is -1.79. The van der Waals surface area contributed by atoms with E-state index in [4.69, 9.17) is 5.11 Å². The molecule has 19 heavy (non-hydrogen) atoms. The summed E-state index contributed by atoms with van der Waals surface area (Å²) in [6, 6.07) is 4.28. The van der Waals surface area contributed by atoms with Crippen molar-refractivity contribution >= 4 is 12.1 Å². The highest BCUT2D eigenvalue weighted by molar-refractivity contribution is 5.83. The highest BCUT2D eigenvalue weighted by Crippen LogP contribution is 2.23. The maximum Gasteiger partial charge on any atom is 0.295 e. The van der Waals surface area contributed by atoms with Gasteiger partial charge in [0.1, 0.15) is 0 Å². The second kappa shape index (κ2) is 6.96. The molecule has 0 atom stereocenters. The quantitative estimate of drug-likeness (QED) is 0.243. The molecule has 0 spiro atoms. The summed E-state index contributed by atoms with van der Waals surface area (Å²) in [6.45, 7) is 0.318. The smallest absolute Gasteiger partial charge is 0.295 e. The van der Waals surface area contributed by atoms with Gasteiger partial charge < -0.3 is 27.1 Å². The molecule has 1 rings (SSSR count). The normalized spacial score (nSPS) is 11.1. The molecular weight excluding hydrogens is 270 g/mol. The third-order valence-electron chi connectivity index (χ3n) is 2.02. The predicted octanol–water partition coefficient (Wildman–Crippen LogP) is -2.74. The van der Waals surface area contributed by atoms with Crippen LogP contribution in [0.4, 0.5) is 0 Å². The zero-order valence-corrected chi connectivity index (χ0v) is 11.8. The molecule has 0 aliphatic rings. The van der Waals surface area contributed by atoms with Crippen molar-refractivity contribution in [3.05, 3.63) is 23.8 Å². The molecule has 7 heteroatoms. The number of amides is 1. The Bertz CT molecular complexity index is 470. The van der Waals surface area contributed by atoms with Crippen molar-refractivity contribution < 1.29 is 31.9 Å². The molecule has 106 valence electrons. The molecule has 0 aliphatic carbocycles. The average molecular weight is 288 g/mol. The zero-order chi connectivity index (χ0) is 13.8. The van der Waals surface area contributed by atoms with E-state index < -0.39 is 0 Å². The van der Waals surface area contributed by atoms with Gasteiger partial charge in [-0.1, -0.05) is 0 Å². The van der Waals surface area contributed by atoms with Gasteiger partial charge in [0, 0.05) is 0 Å². The number of aromatic hydroxyl groups is 2. The standard InChI is InChI=1S/C12H17N3O3.ClH/c1-15(2,3)8-12(18)14-13-7-9-4-5-10(16)11(17)6-9;/h4-7H,8H2,1-3H3,(H2-,13,14,16,17,18);1H. The highest BCUT2D eigenvalue weighted by Gasteiger charge is 2.12. The number of benzene rings is 1. The summed E-state index contributed by atoms with van der Waals surface area (Å²) in [7, 11) is 5.71. The van der Waals surface area contributed by atoms with Gasteiger partial charge in [-0.05, 0) is 23.8 Å². The summed E-state index contributed by atoms with van der Waals surface area (Å²) in [5.41, 5.74) is 2.97. The van der Waals surface area contributed by atoms with Crippen LogP contribution >= 0.6 is 0 Å². The summed E-state index contributed by atoms with van der Waals surface area (Å²) >= 11 is 0. The topological polar surface area (TPSA) is 81.9 Å². The molecule has 0 heterocycles. The molecule has 0 fully saturated rings. The number of hydrogen-bond acceptors (Lipinski definition) is 4. The summed E-state index contributed by atoms with van der Waals surface area (Å²) in [5.74, 6) is -0.611. The van der Waals surface area contributed by atoms with Gasteiger partial charge in [-0.3, -0.25) is 4.79 Å². The van der Waals surface area contributed by atoms with E-state index in [1.54, 1.807) is 6.07 Å². The van der Waals surface area contributed by atoms with Gasteiger partial charge in [0.15, 0.2) is 18.0 Å². The number of phenolic OH excluding ortho intramolecular Hbond substituents is 2. The van der Waals surface area contributed by atoms with Gasteiger partial charge in [-0.15, -0.1) is 0 Å². The summed E-state index contributed by atoms with van der Waals surface area (Å²) in [6.07, 6.45) is 1.40. The number of nitrogens with one attached hydrogen (secondary N) is 1. The number of carbonyl (C=O) groups is 1. The van der Waals surface area contributed by atoms with Gasteiger partial charge in [0.05, 0.1) is 27.4 Å². The lowest BCUT2D eigenvalue weighted by atomic mass is 10.2. The molecule has 6 nitrogen and oxygen atoms in total. The van der Waals surface area contributed by atoms with Crippen LogP contribution in [0.2, 0.25) is 0 Å². The van der Waals surface area contributed by atoms with E-state index in [-0.39, 0.29) is 29.8 Å². The summed E-state index contributed by atoms with van der Waals surface area (Å²) in [4.78, 5) is 11.4. The second-order valence-electron chi connectivity index (χ2n) is 4.99. The van der Waals surface area contributed by atoms with Crippen LogP contribution in [0.3, 0.4) is 0 Å². The third kappa shape index (κ3) is 6.64. The van der Waals surface area contributed by atoms with Crippen LogP contribution < -0.4 is 17.8 Å². The van der Waals surface area contributed by atoms with E-state index in [9.17, 15) is 9.90 Å². The minimum Gasteiger partial charge on any atom is -1.00 e. The van der Waals surface area contributed by atoms with Gasteiger partial charge in [-0.2, -0.15) is 5.10 Å². The Labute approximate surface area is 118 Å². The van der Waals surface area contributed by atoms with E-state index >= 15 is 0 Å². The van der Waals surface area contributed by atoms with Crippen LogP contribution in [0.25, 0.3) is 0 Å². The number of hydrazone groups is 1. The van der Waals surface area contributed by atoms with Crippen LogP contribution in [-0.4, -0.2) is 54.5 Å². The van der Waals surface area contributed by atoms with E-state index in [0.29, 0.717) is 16.6 Å². The monoisotopic (exact) mass is 287 g/mol. The van der Waals surface area contributed by atoms with Crippen LogP contribution in [0.15, 0.2) is 23.3 Å². The number of likely N-dealkylation sites (N-methyl/N-ethyl adjacent to an activating group) is 1. The first-order valence-corrected chi connectivity index (χ1v) is 5.42. The number of quaternary nitrogens is 1. The van der Waals surface area contributed by atoms with Crippen LogP contribution in [0.5, 0.6) is 11.5 Å². The van der Waals surface area contributed by atoms with Crippen molar-refractivity contribution in [1.82, 2.24) is 5.43 Å². The van der Waals surface area contributed by atoms with Crippen LogP contribution in [-0.2, 0) is 4.79 Å². The molecule has 1 aromatic carbocycles. The first-order valence-electron chi connectivity index (χ1n) is 5.42. The Morgan fingerprint density at radius 1 is 1.32 bits per heavy atom. The van der Waals surface area contributed by atoms with Gasteiger partial charge >= 0.3 is 0 Å². The summed E-state index contributed by atoms with van der Waals surface area (Å²) < 4.78 is 0.515. The van der Waals surface area contributed by atoms with Gasteiger partial charge in [0.25, 0.3) is 5.91 Å². The largest absolute Gasteiger partial charge is 1.00 e. The molecule has 3 N–H and O–H groups in total. The number of rotatable bonds is 4. The Morgan fingerprint density at radius 3 is 2.47 bits per heavy atom. The average Bonchev–Trinajstić information content (AvgIpc) is 2.20. The lowest BCUT2D eigenvalue weighted by Crippen LogP contribution is -3.00. The Kier molecular flexibility index (Phi) is 6.31. The van der Waals surface area contributed by atoms with Crippen molar-refractivity contribution in [2.45, 2.75) is 0 Å². The van der Waals surface area contributed by atoms with E-state index in [0.717, 1.165) is 0 Å². The number of halogens is 1. The fraction of sp³-hybridized carbons (Fsp3) is 0.333. The lowest BCUT2D eigenvalue weighted by molar-refractivity contribution is -0.862. The molecule has 1 amide bonds. The molecule has 0 unspecified atom stereocenters. The molecule has 0 radical (unpaired) electrons. The van der Waals surface area contributed by atoms with Crippen LogP contribution in [0.1, 0.15) is 5.56 Å². The number of hydrogen-bond donors (Lipinski definition) is 3. The minimum absolute atomic E-state index is 0. The molecular formula is C12H18ClN3O3. The number of carbonyl (C=O) groups excluding carboxylic acids is 1. The Balaban J connectivity index is 0.00000324. The van der Waals surface area contributed by atoms with E-state index in [1.807, 2.05) is 21.1 Å². The second-order valence-corrected chi connectivity index (χ2v) is 4.99. The predicted molar refractivity (Wildman–Crippen MR) is 68.4 cm³/mol. The molecule has 0 bridgehead atoms. The fourth-order valence-corrected chi connectivity index (χ4v) is 1.27. The maximum absolute atomic E-state index is 11.4. The lowest BCUT2D eigenvalue weighted by Gasteiger charge is -2.21. The highest BCUT2D eigenvalue weighted by atomic mass is 35.5. The van der Waals surface area contributed by atoms with Gasteiger partial charge in [-0.25, -0.2) is 5.43 Å². The number of phenols is 2. The van der Waals surface area contributed by atoms with E-state index in [1.165, 1.54) is 18.3 Å². The van der Waals surface area contributed by atoms with Crippen molar-refractivity contribution in [2.75, 3.05) is 27.7 Å². The van der Waals surface area contributed by atoms with Crippen LogP contribution in [0, 0.1) is 0 Å². The number of nitrogens with zero attached hydrogens (tertiary/aromatic N) is 2.